The molecule has 33 heavy (non-hydrogen) atoms. The molecule has 1 atom stereocenters. The minimum absolute atomic E-state index is 0.212. The zero-order valence-corrected chi connectivity index (χ0v) is 19.4. The molecule has 7 heteroatoms. The molecule has 0 saturated carbocycles. The Bertz CT molecular complexity index is 1140. The lowest BCUT2D eigenvalue weighted by Crippen LogP contribution is -2.64. The highest BCUT2D eigenvalue weighted by atomic mass is 16.5. The van der Waals surface area contributed by atoms with Crippen molar-refractivity contribution in [1.82, 2.24) is 15.1 Å². The molecule has 2 amide bonds. The number of nitrogens with zero attached hydrogens (tertiary/aromatic N) is 3. The Balaban J connectivity index is 1.75. The first kappa shape index (κ1) is 22.7. The number of rotatable bonds is 8. The first-order chi connectivity index (χ1) is 16.0. The van der Waals surface area contributed by atoms with Gasteiger partial charge in [0.15, 0.2) is 0 Å². The highest BCUT2D eigenvalue weighted by Gasteiger charge is 2.48. The second-order valence-electron chi connectivity index (χ2n) is 8.48. The van der Waals surface area contributed by atoms with Gasteiger partial charge < -0.3 is 10.1 Å². The molecular weight excluding hydrogens is 416 g/mol. The Morgan fingerprint density at radius 3 is 2.67 bits per heavy atom. The summed E-state index contributed by atoms with van der Waals surface area (Å²) in [5.74, 6) is -0.449. The van der Waals surface area contributed by atoms with Gasteiger partial charge in [-0.15, -0.1) is 0 Å². The van der Waals surface area contributed by atoms with Crippen LogP contribution in [-0.4, -0.2) is 47.4 Å². The minimum atomic E-state index is -1.14. The van der Waals surface area contributed by atoms with Crippen molar-refractivity contribution in [2.75, 3.05) is 25.2 Å². The van der Waals surface area contributed by atoms with Crippen molar-refractivity contribution >= 4 is 17.5 Å². The molecule has 1 aromatic heterocycles. The lowest BCUT2D eigenvalue weighted by atomic mass is 9.93. The van der Waals surface area contributed by atoms with E-state index in [0.29, 0.717) is 36.6 Å². The number of hydrogen-bond donors (Lipinski definition) is 1. The van der Waals surface area contributed by atoms with Gasteiger partial charge in [0.2, 0.25) is 5.91 Å². The van der Waals surface area contributed by atoms with Crippen LogP contribution in [-0.2, 0) is 22.5 Å². The molecule has 0 aliphatic carbocycles. The van der Waals surface area contributed by atoms with Crippen molar-refractivity contribution in [3.63, 3.8) is 0 Å². The Hall–Kier alpha value is -3.45. The second-order valence-corrected chi connectivity index (χ2v) is 8.48. The van der Waals surface area contributed by atoms with Gasteiger partial charge in [-0.25, -0.2) is 0 Å². The molecule has 3 aromatic rings. The lowest BCUT2D eigenvalue weighted by molar-refractivity contribution is -0.126. The number of methoxy groups -OCH3 is 1. The highest BCUT2D eigenvalue weighted by Crippen LogP contribution is 2.34. The minimum Gasteiger partial charge on any atom is -0.385 e. The SMILES string of the molecule is CCc1cccc(N2C(=O)c3cc(-c4ccccc4)nn3C[C@@]2(C)C(=O)NCCCOC)c1. The van der Waals surface area contributed by atoms with Gasteiger partial charge in [-0.05, 0) is 43.5 Å². The quantitative estimate of drug-likeness (QED) is 0.536. The summed E-state index contributed by atoms with van der Waals surface area (Å²) in [6.45, 7) is 5.16. The molecular formula is C26H30N4O3. The van der Waals surface area contributed by atoms with Crippen molar-refractivity contribution < 1.29 is 14.3 Å². The van der Waals surface area contributed by atoms with Crippen LogP contribution in [0.15, 0.2) is 60.7 Å². The van der Waals surface area contributed by atoms with Gasteiger partial charge in [0.25, 0.3) is 5.91 Å². The van der Waals surface area contributed by atoms with Crippen molar-refractivity contribution in [1.29, 1.82) is 0 Å². The van der Waals surface area contributed by atoms with E-state index < -0.39 is 5.54 Å². The maximum Gasteiger partial charge on any atom is 0.277 e. The van der Waals surface area contributed by atoms with Crippen LogP contribution in [0.1, 0.15) is 36.3 Å². The number of hydrogen-bond acceptors (Lipinski definition) is 4. The van der Waals surface area contributed by atoms with Gasteiger partial charge in [0.1, 0.15) is 11.2 Å². The van der Waals surface area contributed by atoms with E-state index in [-0.39, 0.29) is 18.4 Å². The van der Waals surface area contributed by atoms with Crippen LogP contribution in [0, 0.1) is 0 Å². The number of carbonyl (C=O) groups is 2. The fraction of sp³-hybridized carbons (Fsp3) is 0.346. The topological polar surface area (TPSA) is 76.5 Å². The lowest BCUT2D eigenvalue weighted by Gasteiger charge is -2.43. The van der Waals surface area contributed by atoms with Gasteiger partial charge in [0.05, 0.1) is 12.2 Å². The van der Waals surface area contributed by atoms with E-state index >= 15 is 0 Å². The van der Waals surface area contributed by atoms with Crippen LogP contribution >= 0.6 is 0 Å². The molecule has 1 N–H and O–H groups in total. The number of nitrogens with one attached hydrogen (secondary N) is 1. The summed E-state index contributed by atoms with van der Waals surface area (Å²) < 4.78 is 6.75. The molecule has 2 aromatic carbocycles. The van der Waals surface area contributed by atoms with E-state index in [9.17, 15) is 9.59 Å². The van der Waals surface area contributed by atoms with Crippen LogP contribution in [0.4, 0.5) is 5.69 Å². The zero-order chi connectivity index (χ0) is 23.4. The van der Waals surface area contributed by atoms with E-state index in [1.54, 1.807) is 16.7 Å². The van der Waals surface area contributed by atoms with Crippen LogP contribution in [0.5, 0.6) is 0 Å². The van der Waals surface area contributed by atoms with Gasteiger partial charge in [0, 0.05) is 31.5 Å². The first-order valence-electron chi connectivity index (χ1n) is 11.3. The third-order valence-corrected chi connectivity index (χ3v) is 6.10. The number of fused-ring (bicyclic) bond motifs is 1. The smallest absolute Gasteiger partial charge is 0.277 e. The fourth-order valence-electron chi connectivity index (χ4n) is 4.26. The normalized spacial score (nSPS) is 17.7. The molecule has 4 rings (SSSR count). The molecule has 172 valence electrons. The van der Waals surface area contributed by atoms with Crippen LogP contribution in [0.25, 0.3) is 11.3 Å². The zero-order valence-electron chi connectivity index (χ0n) is 19.4. The molecule has 0 saturated heterocycles. The van der Waals surface area contributed by atoms with Gasteiger partial charge in [-0.3, -0.25) is 19.2 Å². The molecule has 0 spiro atoms. The maximum atomic E-state index is 13.8. The molecule has 7 nitrogen and oxygen atoms in total. The summed E-state index contributed by atoms with van der Waals surface area (Å²) >= 11 is 0. The Kier molecular flexibility index (Phi) is 6.60. The van der Waals surface area contributed by atoms with Crippen molar-refractivity contribution in [2.24, 2.45) is 0 Å². The summed E-state index contributed by atoms with van der Waals surface area (Å²) in [6.07, 6.45) is 1.54. The largest absolute Gasteiger partial charge is 0.385 e. The summed E-state index contributed by atoms with van der Waals surface area (Å²) in [5, 5.41) is 7.68. The van der Waals surface area contributed by atoms with Crippen molar-refractivity contribution in [3.8, 4) is 11.3 Å². The average molecular weight is 447 g/mol. The molecule has 0 radical (unpaired) electrons. The predicted molar refractivity (Wildman–Crippen MR) is 128 cm³/mol. The predicted octanol–water partition coefficient (Wildman–Crippen LogP) is 3.68. The number of carbonyl (C=O) groups excluding carboxylic acids is 2. The Morgan fingerprint density at radius 1 is 1.15 bits per heavy atom. The average Bonchev–Trinajstić information content (AvgIpc) is 3.26. The molecule has 1 aliphatic heterocycles. The van der Waals surface area contributed by atoms with Gasteiger partial charge >= 0.3 is 0 Å². The number of anilines is 1. The van der Waals surface area contributed by atoms with E-state index in [1.807, 2.05) is 67.6 Å². The second kappa shape index (κ2) is 9.58. The molecule has 1 aliphatic rings. The van der Waals surface area contributed by atoms with Crippen LogP contribution in [0.3, 0.4) is 0 Å². The number of amides is 2. The third kappa shape index (κ3) is 4.41. The standard InChI is InChI=1S/C26H30N4O3/c1-4-19-10-8-13-21(16-19)30-24(31)23-17-22(20-11-6-5-7-12-20)28-29(23)18-26(30,2)25(32)27-14-9-15-33-3/h5-8,10-13,16-17H,4,9,14-15,18H2,1-3H3,(H,27,32)/t26-/m0/s1. The molecule has 2 heterocycles. The Morgan fingerprint density at radius 2 is 1.94 bits per heavy atom. The highest BCUT2D eigenvalue weighted by molar-refractivity contribution is 6.12. The summed E-state index contributed by atoms with van der Waals surface area (Å²) in [7, 11) is 1.63. The number of aromatic nitrogens is 2. The van der Waals surface area contributed by atoms with Crippen molar-refractivity contribution in [2.45, 2.75) is 38.8 Å². The maximum absolute atomic E-state index is 13.8. The summed E-state index contributed by atoms with van der Waals surface area (Å²) in [6, 6.07) is 19.4. The monoisotopic (exact) mass is 446 g/mol. The third-order valence-electron chi connectivity index (χ3n) is 6.10. The Labute approximate surface area is 194 Å². The first-order valence-corrected chi connectivity index (χ1v) is 11.3. The van der Waals surface area contributed by atoms with E-state index in [2.05, 4.69) is 12.2 Å². The van der Waals surface area contributed by atoms with E-state index in [1.165, 1.54) is 0 Å². The van der Waals surface area contributed by atoms with Gasteiger partial charge in [-0.1, -0.05) is 49.4 Å². The molecule has 0 unspecified atom stereocenters. The number of ether oxygens (including phenoxy) is 1. The van der Waals surface area contributed by atoms with E-state index in [0.717, 1.165) is 17.5 Å². The number of aryl methyl sites for hydroxylation is 1. The van der Waals surface area contributed by atoms with Crippen LogP contribution in [0.2, 0.25) is 0 Å². The number of benzene rings is 2. The van der Waals surface area contributed by atoms with Crippen LogP contribution < -0.4 is 10.2 Å². The molecule has 0 bridgehead atoms. The fourth-order valence-corrected chi connectivity index (χ4v) is 4.26. The van der Waals surface area contributed by atoms with E-state index in [4.69, 9.17) is 9.84 Å². The van der Waals surface area contributed by atoms with Crippen molar-refractivity contribution in [3.05, 3.63) is 71.9 Å². The molecule has 0 fully saturated rings. The summed E-state index contributed by atoms with van der Waals surface area (Å²) in [5.41, 5.74) is 2.79. The summed E-state index contributed by atoms with van der Waals surface area (Å²) in [4.78, 5) is 28.9. The van der Waals surface area contributed by atoms with Gasteiger partial charge in [-0.2, -0.15) is 5.10 Å².